The first-order chi connectivity index (χ1) is 3.92. The zero-order valence-corrected chi connectivity index (χ0v) is 7.34. The Morgan fingerprint density at radius 3 is 2.00 bits per heavy atom. The maximum atomic E-state index is 10.5. The lowest BCUT2D eigenvalue weighted by Crippen LogP contribution is -2.05. The average molecular weight is 144 g/mol. The summed E-state index contributed by atoms with van der Waals surface area (Å²) < 4.78 is 0. The van der Waals surface area contributed by atoms with Gasteiger partial charge in [-0.25, -0.2) is 0 Å². The fourth-order valence-electron chi connectivity index (χ4n) is 0.318. The maximum absolute atomic E-state index is 10.5. The molecule has 0 aromatic rings. The summed E-state index contributed by atoms with van der Waals surface area (Å²) in [5, 5.41) is 0.487. The van der Waals surface area contributed by atoms with Crippen molar-refractivity contribution in [2.75, 3.05) is 0 Å². The Bertz CT molecular complexity index is 106. The maximum Gasteiger partial charge on any atom is 0.207 e. The van der Waals surface area contributed by atoms with E-state index >= 15 is 0 Å². The standard InChI is InChI=1S/C6H13BOS/c1-5(8)9-7-6(2,3)4/h7H,1-4H3. The first kappa shape index (κ1) is 9.08. The van der Waals surface area contributed by atoms with Crippen LogP contribution in [0.15, 0.2) is 0 Å². The van der Waals surface area contributed by atoms with Gasteiger partial charge in [0.2, 0.25) is 6.56 Å². The van der Waals surface area contributed by atoms with Crippen molar-refractivity contribution in [1.82, 2.24) is 0 Å². The molecule has 0 aromatic heterocycles. The van der Waals surface area contributed by atoms with Crippen molar-refractivity contribution in [1.29, 1.82) is 0 Å². The first-order valence-corrected chi connectivity index (χ1v) is 4.04. The van der Waals surface area contributed by atoms with E-state index in [0.29, 0.717) is 0 Å². The van der Waals surface area contributed by atoms with Gasteiger partial charge in [-0.2, -0.15) is 0 Å². The minimum atomic E-state index is 0.213. The third-order valence-corrected chi connectivity index (χ3v) is 2.13. The third-order valence-electron chi connectivity index (χ3n) is 0.708. The van der Waals surface area contributed by atoms with Crippen LogP contribution in [0.2, 0.25) is 5.31 Å². The lowest BCUT2D eigenvalue weighted by atomic mass is 9.73. The van der Waals surface area contributed by atoms with Gasteiger partial charge >= 0.3 is 0 Å². The minimum Gasteiger partial charge on any atom is -0.289 e. The van der Waals surface area contributed by atoms with Crippen LogP contribution in [0, 0.1) is 0 Å². The second kappa shape index (κ2) is 3.30. The molecular formula is C6H13BOS. The molecule has 1 nitrogen and oxygen atoms in total. The minimum absolute atomic E-state index is 0.213. The van der Waals surface area contributed by atoms with Crippen LogP contribution < -0.4 is 0 Å². The van der Waals surface area contributed by atoms with Gasteiger partial charge in [-0.05, 0) is 0 Å². The van der Waals surface area contributed by atoms with E-state index in [1.165, 1.54) is 11.6 Å². The highest BCUT2D eigenvalue weighted by Gasteiger charge is 2.13. The number of carbonyl (C=O) groups excluding carboxylic acids is 1. The van der Waals surface area contributed by atoms with Crippen molar-refractivity contribution in [3.63, 3.8) is 0 Å². The van der Waals surface area contributed by atoms with E-state index in [0.717, 1.165) is 6.56 Å². The number of carbonyl (C=O) groups is 1. The molecule has 0 aliphatic carbocycles. The SMILES string of the molecule is CC(=O)SBC(C)(C)C. The number of hydrogen-bond donors (Lipinski definition) is 0. The van der Waals surface area contributed by atoms with Gasteiger partial charge in [0.15, 0.2) is 5.12 Å². The molecule has 0 bridgehead atoms. The summed E-state index contributed by atoms with van der Waals surface area (Å²) in [6, 6.07) is 0. The predicted molar refractivity (Wildman–Crippen MR) is 45.1 cm³/mol. The zero-order chi connectivity index (χ0) is 7.49. The molecule has 0 aliphatic rings. The second-order valence-electron chi connectivity index (χ2n) is 3.34. The van der Waals surface area contributed by atoms with Crippen molar-refractivity contribution >= 4 is 23.3 Å². The summed E-state index contributed by atoms with van der Waals surface area (Å²) in [5.74, 6) is 0. The molecule has 0 aliphatic heterocycles. The predicted octanol–water partition coefficient (Wildman–Crippen LogP) is 1.84. The summed E-state index contributed by atoms with van der Waals surface area (Å²) in [6.07, 6.45) is 0. The van der Waals surface area contributed by atoms with Crippen molar-refractivity contribution in [2.24, 2.45) is 0 Å². The fraction of sp³-hybridized carbons (Fsp3) is 0.833. The van der Waals surface area contributed by atoms with Crippen molar-refractivity contribution in [3.8, 4) is 0 Å². The van der Waals surface area contributed by atoms with E-state index in [-0.39, 0.29) is 10.4 Å². The molecule has 0 N–H and O–H groups in total. The van der Waals surface area contributed by atoms with E-state index in [1.807, 2.05) is 0 Å². The van der Waals surface area contributed by atoms with Crippen LogP contribution in [0.4, 0.5) is 0 Å². The molecule has 9 heavy (non-hydrogen) atoms. The molecule has 0 saturated carbocycles. The molecular weight excluding hydrogens is 131 g/mol. The lowest BCUT2D eigenvalue weighted by Gasteiger charge is -2.13. The van der Waals surface area contributed by atoms with Crippen molar-refractivity contribution < 1.29 is 4.79 Å². The van der Waals surface area contributed by atoms with Crippen LogP contribution in [0.5, 0.6) is 0 Å². The molecule has 52 valence electrons. The largest absolute Gasteiger partial charge is 0.289 e. The summed E-state index contributed by atoms with van der Waals surface area (Å²) in [4.78, 5) is 10.5. The average Bonchev–Trinajstić information content (AvgIpc) is 1.59. The van der Waals surface area contributed by atoms with E-state index in [1.54, 1.807) is 6.92 Å². The molecule has 0 heterocycles. The summed E-state index contributed by atoms with van der Waals surface area (Å²) >= 11 is 1.40. The molecule has 0 spiro atoms. The Kier molecular flexibility index (Phi) is 3.33. The van der Waals surface area contributed by atoms with Gasteiger partial charge in [-0.15, -0.1) is 11.6 Å². The van der Waals surface area contributed by atoms with E-state index in [4.69, 9.17) is 0 Å². The normalized spacial score (nSPS) is 11.1. The van der Waals surface area contributed by atoms with Crippen LogP contribution >= 0.6 is 11.6 Å². The van der Waals surface area contributed by atoms with Gasteiger partial charge in [0, 0.05) is 6.92 Å². The van der Waals surface area contributed by atoms with Crippen LogP contribution in [-0.4, -0.2) is 11.7 Å². The summed E-state index contributed by atoms with van der Waals surface area (Å²) in [6.45, 7) is 8.91. The smallest absolute Gasteiger partial charge is 0.207 e. The highest BCUT2D eigenvalue weighted by atomic mass is 32.2. The zero-order valence-electron chi connectivity index (χ0n) is 6.52. The van der Waals surface area contributed by atoms with Crippen LogP contribution in [0.3, 0.4) is 0 Å². The Labute approximate surface area is 61.7 Å². The van der Waals surface area contributed by atoms with Gasteiger partial charge in [-0.3, -0.25) is 4.79 Å². The third kappa shape index (κ3) is 8.08. The monoisotopic (exact) mass is 144 g/mol. The Balaban J connectivity index is 3.39. The van der Waals surface area contributed by atoms with Crippen molar-refractivity contribution in [2.45, 2.75) is 33.0 Å². The highest BCUT2D eigenvalue weighted by molar-refractivity contribution is 8.33. The summed E-state index contributed by atoms with van der Waals surface area (Å²) in [5.41, 5.74) is 0. The number of hydrogen-bond acceptors (Lipinski definition) is 2. The Hall–Kier alpha value is 0.0849. The van der Waals surface area contributed by atoms with Gasteiger partial charge in [0.05, 0.1) is 0 Å². The first-order valence-electron chi connectivity index (χ1n) is 3.05. The Morgan fingerprint density at radius 2 is 1.89 bits per heavy atom. The Morgan fingerprint density at radius 1 is 1.44 bits per heavy atom. The van der Waals surface area contributed by atoms with Crippen LogP contribution in [-0.2, 0) is 4.79 Å². The molecule has 0 rings (SSSR count). The quantitative estimate of drug-likeness (QED) is 0.522. The fourth-order valence-corrected chi connectivity index (χ4v) is 0.954. The molecule has 0 fully saturated rings. The van der Waals surface area contributed by atoms with Crippen LogP contribution in [0.25, 0.3) is 0 Å². The molecule has 0 atom stereocenters. The molecule has 3 heteroatoms. The topological polar surface area (TPSA) is 17.1 Å². The number of rotatable bonds is 1. The van der Waals surface area contributed by atoms with E-state index in [9.17, 15) is 4.79 Å². The second-order valence-corrected chi connectivity index (χ2v) is 4.49. The van der Waals surface area contributed by atoms with Gasteiger partial charge in [-0.1, -0.05) is 26.1 Å². The molecule has 0 aromatic carbocycles. The molecule has 0 amide bonds. The molecule has 0 saturated heterocycles. The molecule has 0 radical (unpaired) electrons. The highest BCUT2D eigenvalue weighted by Crippen LogP contribution is 2.25. The van der Waals surface area contributed by atoms with Crippen molar-refractivity contribution in [3.05, 3.63) is 0 Å². The van der Waals surface area contributed by atoms with Gasteiger partial charge in [0.25, 0.3) is 0 Å². The van der Waals surface area contributed by atoms with Gasteiger partial charge in [0.1, 0.15) is 0 Å². The van der Waals surface area contributed by atoms with E-state index in [2.05, 4.69) is 20.8 Å². The molecule has 0 unspecified atom stereocenters. The van der Waals surface area contributed by atoms with Gasteiger partial charge < -0.3 is 0 Å². The summed E-state index contributed by atoms with van der Waals surface area (Å²) in [7, 11) is 0. The van der Waals surface area contributed by atoms with Crippen LogP contribution in [0.1, 0.15) is 27.7 Å². The lowest BCUT2D eigenvalue weighted by molar-refractivity contribution is -0.109. The van der Waals surface area contributed by atoms with E-state index < -0.39 is 0 Å².